The summed E-state index contributed by atoms with van der Waals surface area (Å²) >= 11 is 5.66. The smallest absolute Gasteiger partial charge is 0.153 e. The van der Waals surface area contributed by atoms with Crippen molar-refractivity contribution in [2.24, 2.45) is 0 Å². The van der Waals surface area contributed by atoms with E-state index in [-0.39, 0.29) is 0 Å². The summed E-state index contributed by atoms with van der Waals surface area (Å²) in [6, 6.07) is 11.7. The first kappa shape index (κ1) is 14.8. The van der Waals surface area contributed by atoms with Crippen molar-refractivity contribution in [2.75, 3.05) is 12.5 Å². The van der Waals surface area contributed by atoms with Gasteiger partial charge in [-0.25, -0.2) is 4.98 Å². The zero-order valence-corrected chi connectivity index (χ0v) is 13.7. The molecule has 5 heteroatoms. The van der Waals surface area contributed by atoms with Crippen molar-refractivity contribution in [1.29, 1.82) is 0 Å². The molecule has 2 aromatic heterocycles. The Kier molecular flexibility index (Phi) is 3.75. The van der Waals surface area contributed by atoms with E-state index in [0.717, 1.165) is 33.8 Å². The van der Waals surface area contributed by atoms with E-state index in [2.05, 4.69) is 11.6 Å². The van der Waals surface area contributed by atoms with Crippen molar-refractivity contribution in [3.63, 3.8) is 0 Å². The maximum absolute atomic E-state index is 6.02. The van der Waals surface area contributed by atoms with Crippen LogP contribution in [0.2, 0.25) is 0 Å². The molecular weight excluding hydrogens is 324 g/mol. The van der Waals surface area contributed by atoms with Gasteiger partial charge in [0.1, 0.15) is 23.8 Å². The molecule has 0 saturated carbocycles. The molecule has 4 nitrogen and oxygen atoms in total. The van der Waals surface area contributed by atoms with Crippen LogP contribution in [-0.2, 0) is 0 Å². The lowest BCUT2D eigenvalue weighted by Gasteiger charge is -2.20. The first-order valence-electron chi connectivity index (χ1n) is 7.59. The maximum atomic E-state index is 6.02. The molecule has 0 saturated heterocycles. The first-order chi connectivity index (χ1) is 11.7. The molecular formula is C19H15ClN2O2. The minimum Gasteiger partial charge on any atom is -0.492 e. The molecule has 120 valence electrons. The predicted molar refractivity (Wildman–Crippen MR) is 95.5 cm³/mol. The number of allylic oxidation sites excluding steroid dienone is 2. The van der Waals surface area contributed by atoms with E-state index in [1.807, 2.05) is 53.1 Å². The first-order valence-corrected chi connectivity index (χ1v) is 8.13. The number of fused-ring (bicyclic) bond motifs is 2. The number of nitrogens with zero attached hydrogens (tertiary/aromatic N) is 2. The molecule has 0 bridgehead atoms. The Morgan fingerprint density at radius 1 is 1.25 bits per heavy atom. The van der Waals surface area contributed by atoms with Crippen molar-refractivity contribution in [1.82, 2.24) is 9.38 Å². The third kappa shape index (κ3) is 2.65. The largest absolute Gasteiger partial charge is 0.492 e. The van der Waals surface area contributed by atoms with Crippen LogP contribution in [0.25, 0.3) is 16.8 Å². The molecule has 1 aromatic carbocycles. The fourth-order valence-corrected chi connectivity index (χ4v) is 2.75. The third-order valence-corrected chi connectivity index (χ3v) is 3.99. The van der Waals surface area contributed by atoms with Gasteiger partial charge in [0.15, 0.2) is 5.76 Å². The van der Waals surface area contributed by atoms with Gasteiger partial charge in [0, 0.05) is 17.3 Å². The van der Waals surface area contributed by atoms with Gasteiger partial charge in [0.2, 0.25) is 0 Å². The average molecular weight is 339 g/mol. The fourth-order valence-electron chi connectivity index (χ4n) is 2.68. The number of hydrogen-bond donors (Lipinski definition) is 0. The Labute approximate surface area is 144 Å². The zero-order valence-electron chi connectivity index (χ0n) is 12.9. The Morgan fingerprint density at radius 3 is 3.04 bits per heavy atom. The van der Waals surface area contributed by atoms with E-state index in [0.29, 0.717) is 18.2 Å². The quantitative estimate of drug-likeness (QED) is 0.661. The van der Waals surface area contributed by atoms with Gasteiger partial charge in [-0.2, -0.15) is 0 Å². The normalized spacial score (nSPS) is 13.4. The Morgan fingerprint density at radius 2 is 2.17 bits per heavy atom. The second-order valence-electron chi connectivity index (χ2n) is 5.45. The second-order valence-corrected chi connectivity index (χ2v) is 5.82. The van der Waals surface area contributed by atoms with Crippen LogP contribution in [0.5, 0.6) is 11.5 Å². The van der Waals surface area contributed by atoms with Gasteiger partial charge in [-0.3, -0.25) is 0 Å². The molecule has 0 amide bonds. The molecule has 0 spiro atoms. The Balaban J connectivity index is 1.66. The number of rotatable bonds is 4. The van der Waals surface area contributed by atoms with E-state index in [1.165, 1.54) is 0 Å². The Hall–Kier alpha value is -2.72. The lowest BCUT2D eigenvalue weighted by Crippen LogP contribution is -2.06. The van der Waals surface area contributed by atoms with Gasteiger partial charge in [-0.1, -0.05) is 6.58 Å². The van der Waals surface area contributed by atoms with Crippen molar-refractivity contribution < 1.29 is 9.47 Å². The molecule has 4 rings (SSSR count). The topological polar surface area (TPSA) is 35.8 Å². The van der Waals surface area contributed by atoms with Crippen molar-refractivity contribution in [3.8, 4) is 11.5 Å². The number of alkyl halides is 1. The molecule has 0 unspecified atom stereocenters. The molecule has 24 heavy (non-hydrogen) atoms. The van der Waals surface area contributed by atoms with Crippen LogP contribution in [0.1, 0.15) is 11.3 Å². The number of halogens is 1. The zero-order chi connectivity index (χ0) is 16.5. The highest BCUT2D eigenvalue weighted by molar-refractivity contribution is 6.18. The van der Waals surface area contributed by atoms with Gasteiger partial charge in [0.25, 0.3) is 0 Å². The van der Waals surface area contributed by atoms with Crippen LogP contribution >= 0.6 is 11.6 Å². The van der Waals surface area contributed by atoms with Crippen LogP contribution in [0.4, 0.5) is 0 Å². The SMILES string of the molecule is C=C1C=C(c2cc3cccn3cn2)Oc2ccc(OCCCl)cc21. The van der Waals surface area contributed by atoms with Crippen molar-refractivity contribution in [2.45, 2.75) is 0 Å². The van der Waals surface area contributed by atoms with Crippen LogP contribution in [0.15, 0.2) is 61.6 Å². The van der Waals surface area contributed by atoms with Crippen molar-refractivity contribution >= 4 is 28.4 Å². The summed E-state index contributed by atoms with van der Waals surface area (Å²) in [4.78, 5) is 4.46. The fraction of sp³-hybridized carbons (Fsp3) is 0.105. The summed E-state index contributed by atoms with van der Waals surface area (Å²) < 4.78 is 13.5. The molecule has 0 fully saturated rings. The molecule has 0 atom stereocenters. The van der Waals surface area contributed by atoms with Crippen LogP contribution in [0.3, 0.4) is 0 Å². The summed E-state index contributed by atoms with van der Waals surface area (Å²) in [5.41, 5.74) is 3.61. The summed E-state index contributed by atoms with van der Waals surface area (Å²) in [7, 11) is 0. The standard InChI is InChI=1S/C19H15ClN2O2/c1-13-9-19(17-10-14-3-2-7-22(14)12-21-17)24-18-5-4-15(11-16(13)18)23-8-6-20/h2-5,7,9-12H,1,6,8H2. The number of hydrogen-bond acceptors (Lipinski definition) is 3. The van der Waals surface area contributed by atoms with Gasteiger partial charge in [0.05, 0.1) is 12.2 Å². The lowest BCUT2D eigenvalue weighted by molar-refractivity contribution is 0.342. The molecule has 1 aliphatic heterocycles. The number of aromatic nitrogens is 2. The molecule has 0 N–H and O–H groups in total. The Bertz CT molecular complexity index is 959. The summed E-state index contributed by atoms with van der Waals surface area (Å²) in [6.07, 6.45) is 5.63. The number of benzene rings is 1. The summed E-state index contributed by atoms with van der Waals surface area (Å²) in [5.74, 6) is 2.63. The summed E-state index contributed by atoms with van der Waals surface area (Å²) in [6.45, 7) is 4.60. The maximum Gasteiger partial charge on any atom is 0.153 e. The minimum atomic E-state index is 0.451. The van der Waals surface area contributed by atoms with Crippen LogP contribution < -0.4 is 9.47 Å². The molecule has 1 aliphatic rings. The van der Waals surface area contributed by atoms with Gasteiger partial charge >= 0.3 is 0 Å². The molecule has 3 aromatic rings. The summed E-state index contributed by atoms with van der Waals surface area (Å²) in [5, 5.41) is 0. The van der Waals surface area contributed by atoms with Gasteiger partial charge < -0.3 is 13.9 Å². The van der Waals surface area contributed by atoms with E-state index in [9.17, 15) is 0 Å². The third-order valence-electron chi connectivity index (χ3n) is 3.84. The molecule has 0 radical (unpaired) electrons. The second kappa shape index (κ2) is 6.06. The van der Waals surface area contributed by atoms with E-state index in [1.54, 1.807) is 6.33 Å². The van der Waals surface area contributed by atoms with Crippen LogP contribution in [-0.4, -0.2) is 21.9 Å². The highest BCUT2D eigenvalue weighted by Gasteiger charge is 2.18. The monoisotopic (exact) mass is 338 g/mol. The van der Waals surface area contributed by atoms with Crippen LogP contribution in [0, 0.1) is 0 Å². The van der Waals surface area contributed by atoms with Gasteiger partial charge in [-0.05, 0) is 48.0 Å². The lowest BCUT2D eigenvalue weighted by atomic mass is 10.0. The predicted octanol–water partition coefficient (Wildman–Crippen LogP) is 4.40. The minimum absolute atomic E-state index is 0.451. The van der Waals surface area contributed by atoms with Gasteiger partial charge in [-0.15, -0.1) is 11.6 Å². The highest BCUT2D eigenvalue weighted by atomic mass is 35.5. The highest BCUT2D eigenvalue weighted by Crippen LogP contribution is 2.37. The van der Waals surface area contributed by atoms with E-state index in [4.69, 9.17) is 21.1 Å². The van der Waals surface area contributed by atoms with E-state index >= 15 is 0 Å². The number of ether oxygens (including phenoxy) is 2. The van der Waals surface area contributed by atoms with Crippen molar-refractivity contribution in [3.05, 3.63) is 72.8 Å². The molecule has 0 aliphatic carbocycles. The molecule has 3 heterocycles. The average Bonchev–Trinajstić information content (AvgIpc) is 3.07. The van der Waals surface area contributed by atoms with E-state index < -0.39 is 0 Å².